The van der Waals surface area contributed by atoms with Gasteiger partial charge in [0.25, 0.3) is 0 Å². The van der Waals surface area contributed by atoms with Gasteiger partial charge in [0.05, 0.1) is 24.9 Å². The molecule has 2 unspecified atom stereocenters. The van der Waals surface area contributed by atoms with Gasteiger partial charge in [-0.3, -0.25) is 15.0 Å². The molecule has 21 heavy (non-hydrogen) atoms. The van der Waals surface area contributed by atoms with Crippen molar-refractivity contribution in [3.8, 4) is 0 Å². The van der Waals surface area contributed by atoms with E-state index in [4.69, 9.17) is 4.74 Å². The first-order valence-corrected chi connectivity index (χ1v) is 8.49. The minimum absolute atomic E-state index is 0.220. The van der Waals surface area contributed by atoms with Crippen LogP contribution in [0.1, 0.15) is 46.5 Å². The molecule has 0 spiro atoms. The minimum Gasteiger partial charge on any atom is -0.379 e. The molecule has 2 saturated heterocycles. The number of carbonyl (C=O) groups is 1. The zero-order valence-corrected chi connectivity index (χ0v) is 13.9. The van der Waals surface area contributed by atoms with Crippen molar-refractivity contribution in [1.29, 1.82) is 0 Å². The normalized spacial score (nSPS) is 31.1. The molecule has 0 aliphatic carbocycles. The summed E-state index contributed by atoms with van der Waals surface area (Å²) in [5.41, 5.74) is -0.362. The van der Waals surface area contributed by atoms with Crippen molar-refractivity contribution in [2.75, 3.05) is 39.4 Å². The molecule has 5 heteroatoms. The molecule has 0 aromatic heterocycles. The highest BCUT2D eigenvalue weighted by Gasteiger charge is 2.45. The molecular weight excluding hydrogens is 266 g/mol. The van der Waals surface area contributed by atoms with Crippen molar-refractivity contribution >= 4 is 5.91 Å². The first-order chi connectivity index (χ1) is 10.1. The highest BCUT2D eigenvalue weighted by molar-refractivity contribution is 5.88. The lowest BCUT2D eigenvalue weighted by Gasteiger charge is -2.28. The van der Waals surface area contributed by atoms with E-state index >= 15 is 0 Å². The van der Waals surface area contributed by atoms with Crippen LogP contribution in [0.15, 0.2) is 0 Å². The topological polar surface area (TPSA) is 44.8 Å². The van der Waals surface area contributed by atoms with E-state index in [1.54, 1.807) is 0 Å². The third-order valence-corrected chi connectivity index (χ3v) is 4.84. The van der Waals surface area contributed by atoms with Crippen molar-refractivity contribution in [3.05, 3.63) is 0 Å². The second-order valence-corrected chi connectivity index (χ2v) is 6.44. The van der Waals surface area contributed by atoms with Crippen molar-refractivity contribution in [1.82, 2.24) is 15.1 Å². The molecule has 2 fully saturated rings. The van der Waals surface area contributed by atoms with Crippen molar-refractivity contribution in [3.63, 3.8) is 0 Å². The van der Waals surface area contributed by atoms with Crippen LogP contribution in [0.4, 0.5) is 0 Å². The molecule has 0 bridgehead atoms. The summed E-state index contributed by atoms with van der Waals surface area (Å²) in [5.74, 6) is 0.283. The van der Waals surface area contributed by atoms with E-state index in [1.165, 1.54) is 0 Å². The largest absolute Gasteiger partial charge is 0.379 e. The molecule has 0 radical (unpaired) electrons. The van der Waals surface area contributed by atoms with Gasteiger partial charge in [0.2, 0.25) is 5.91 Å². The van der Waals surface area contributed by atoms with Crippen LogP contribution in [0.3, 0.4) is 0 Å². The van der Waals surface area contributed by atoms with E-state index in [2.05, 4.69) is 29.0 Å². The zero-order chi connectivity index (χ0) is 15.3. The van der Waals surface area contributed by atoms with Crippen LogP contribution < -0.4 is 5.32 Å². The van der Waals surface area contributed by atoms with Crippen LogP contribution in [0.2, 0.25) is 0 Å². The fraction of sp³-hybridized carbons (Fsp3) is 0.938. The summed E-state index contributed by atoms with van der Waals surface area (Å²) < 4.78 is 5.37. The van der Waals surface area contributed by atoms with Gasteiger partial charge in [-0.15, -0.1) is 0 Å². The number of hydrogen-bond acceptors (Lipinski definition) is 4. The van der Waals surface area contributed by atoms with Crippen molar-refractivity contribution < 1.29 is 9.53 Å². The Morgan fingerprint density at radius 3 is 2.62 bits per heavy atom. The second-order valence-electron chi connectivity index (χ2n) is 6.44. The molecule has 0 saturated carbocycles. The number of amides is 1. The maximum Gasteiger partial charge on any atom is 0.243 e. The van der Waals surface area contributed by atoms with Gasteiger partial charge in [0.1, 0.15) is 0 Å². The van der Waals surface area contributed by atoms with E-state index in [1.807, 2.05) is 6.92 Å². The lowest BCUT2D eigenvalue weighted by Crippen LogP contribution is -2.43. The van der Waals surface area contributed by atoms with E-state index in [0.29, 0.717) is 0 Å². The Balaban J connectivity index is 1.85. The van der Waals surface area contributed by atoms with Crippen LogP contribution in [0.25, 0.3) is 0 Å². The summed E-state index contributed by atoms with van der Waals surface area (Å²) in [6, 6.07) is 0. The van der Waals surface area contributed by atoms with Crippen molar-refractivity contribution in [2.45, 2.75) is 58.2 Å². The molecule has 2 heterocycles. The molecular formula is C16H31N3O2. The lowest BCUT2D eigenvalue weighted by atomic mass is 9.99. The third-order valence-electron chi connectivity index (χ3n) is 4.84. The summed E-state index contributed by atoms with van der Waals surface area (Å²) >= 11 is 0. The first-order valence-electron chi connectivity index (χ1n) is 8.49. The first kappa shape index (κ1) is 16.7. The molecule has 2 atom stereocenters. The van der Waals surface area contributed by atoms with Gasteiger partial charge in [-0.2, -0.15) is 0 Å². The Morgan fingerprint density at radius 2 is 2.00 bits per heavy atom. The van der Waals surface area contributed by atoms with Gasteiger partial charge in [-0.1, -0.05) is 20.3 Å². The zero-order valence-electron chi connectivity index (χ0n) is 13.9. The summed E-state index contributed by atoms with van der Waals surface area (Å²) in [6.45, 7) is 12.0. The highest BCUT2D eigenvalue weighted by Crippen LogP contribution is 2.25. The number of morpholine rings is 1. The van der Waals surface area contributed by atoms with Gasteiger partial charge < -0.3 is 9.64 Å². The van der Waals surface area contributed by atoms with Crippen LogP contribution in [-0.4, -0.2) is 66.8 Å². The van der Waals surface area contributed by atoms with Crippen LogP contribution in [0.5, 0.6) is 0 Å². The van der Waals surface area contributed by atoms with E-state index in [0.717, 1.165) is 65.1 Å². The number of carbonyl (C=O) groups excluding carboxylic acids is 1. The molecule has 2 rings (SSSR count). The average molecular weight is 297 g/mol. The molecule has 2 aliphatic rings. The van der Waals surface area contributed by atoms with Gasteiger partial charge in [-0.25, -0.2) is 0 Å². The fourth-order valence-electron chi connectivity index (χ4n) is 3.27. The molecule has 122 valence electrons. The predicted molar refractivity (Wildman–Crippen MR) is 84.1 cm³/mol. The predicted octanol–water partition coefficient (Wildman–Crippen LogP) is 1.44. The van der Waals surface area contributed by atoms with E-state index < -0.39 is 0 Å². The summed E-state index contributed by atoms with van der Waals surface area (Å²) in [5, 5.41) is 3.55. The molecule has 1 amide bonds. The Morgan fingerprint density at radius 1 is 1.29 bits per heavy atom. The van der Waals surface area contributed by atoms with E-state index in [-0.39, 0.29) is 17.6 Å². The summed E-state index contributed by atoms with van der Waals surface area (Å²) in [7, 11) is 0. The van der Waals surface area contributed by atoms with Gasteiger partial charge in [0.15, 0.2) is 0 Å². The van der Waals surface area contributed by atoms with Crippen LogP contribution >= 0.6 is 0 Å². The number of nitrogens with one attached hydrogen (secondary N) is 1. The third kappa shape index (κ3) is 3.96. The monoisotopic (exact) mass is 297 g/mol. The molecule has 2 aliphatic heterocycles. The van der Waals surface area contributed by atoms with E-state index in [9.17, 15) is 4.79 Å². The van der Waals surface area contributed by atoms with Crippen LogP contribution in [-0.2, 0) is 9.53 Å². The average Bonchev–Trinajstić information content (AvgIpc) is 2.74. The van der Waals surface area contributed by atoms with Gasteiger partial charge in [-0.05, 0) is 26.2 Å². The fourth-order valence-corrected chi connectivity index (χ4v) is 3.27. The van der Waals surface area contributed by atoms with Crippen molar-refractivity contribution in [2.24, 2.45) is 0 Å². The highest BCUT2D eigenvalue weighted by atomic mass is 16.5. The second kappa shape index (κ2) is 7.56. The van der Waals surface area contributed by atoms with Gasteiger partial charge >= 0.3 is 0 Å². The number of rotatable bonds is 7. The Labute approximate surface area is 129 Å². The quantitative estimate of drug-likeness (QED) is 0.772. The molecule has 1 N–H and O–H groups in total. The maximum absolute atomic E-state index is 12.7. The SMILES string of the molecule is CCCC1NC(C)(CC)C(=O)N1CCCN1CCOCC1. The number of hydrogen-bond donors (Lipinski definition) is 1. The van der Waals surface area contributed by atoms with Crippen LogP contribution in [0, 0.1) is 0 Å². The summed E-state index contributed by atoms with van der Waals surface area (Å²) in [4.78, 5) is 17.2. The molecule has 5 nitrogen and oxygen atoms in total. The number of nitrogens with zero attached hydrogens (tertiary/aromatic N) is 2. The summed E-state index contributed by atoms with van der Waals surface area (Å²) in [6.07, 6.45) is 4.26. The molecule has 0 aromatic carbocycles. The van der Waals surface area contributed by atoms with Gasteiger partial charge in [0, 0.05) is 26.2 Å². The Kier molecular flexibility index (Phi) is 6.02. The minimum atomic E-state index is -0.362. The maximum atomic E-state index is 12.7. The lowest BCUT2D eigenvalue weighted by molar-refractivity contribution is -0.133. The number of ether oxygens (including phenoxy) is 1. The smallest absolute Gasteiger partial charge is 0.243 e. The standard InChI is InChI=1S/C16H31N3O2/c1-4-7-14-17-16(3,5-2)15(20)19(14)9-6-8-18-10-12-21-13-11-18/h14,17H,4-13H2,1-3H3. The molecule has 0 aromatic rings. The Bertz CT molecular complexity index is 344. The Hall–Kier alpha value is -0.650.